The van der Waals surface area contributed by atoms with Crippen molar-refractivity contribution in [3.05, 3.63) is 41.7 Å². The number of aromatic nitrogens is 5. The zero-order valence-corrected chi connectivity index (χ0v) is 16.4. The summed E-state index contributed by atoms with van der Waals surface area (Å²) in [5, 5.41) is 8.35. The van der Waals surface area contributed by atoms with Gasteiger partial charge in [-0.25, -0.2) is 9.37 Å². The number of halogens is 1. The molecule has 2 fully saturated rings. The van der Waals surface area contributed by atoms with Crippen LogP contribution in [0.15, 0.2) is 24.4 Å². The molecule has 3 heterocycles. The number of nitrogens with zero attached hydrogens (tertiary/aromatic N) is 5. The molecule has 1 aliphatic carbocycles. The third-order valence-corrected chi connectivity index (χ3v) is 6.22. The summed E-state index contributed by atoms with van der Waals surface area (Å²) in [5.41, 5.74) is 1.74. The van der Waals surface area contributed by atoms with Crippen molar-refractivity contribution in [2.75, 3.05) is 6.54 Å². The summed E-state index contributed by atoms with van der Waals surface area (Å²) in [4.78, 5) is 22.7. The smallest absolute Gasteiger partial charge is 0.276 e. The van der Waals surface area contributed by atoms with E-state index in [1.165, 1.54) is 44.2 Å². The van der Waals surface area contributed by atoms with Crippen molar-refractivity contribution in [2.24, 2.45) is 5.92 Å². The van der Waals surface area contributed by atoms with E-state index in [0.717, 1.165) is 19.4 Å². The van der Waals surface area contributed by atoms with E-state index in [-0.39, 0.29) is 17.8 Å². The molecule has 0 spiro atoms. The molecule has 0 unspecified atom stereocenters. The number of amides is 1. The van der Waals surface area contributed by atoms with Gasteiger partial charge in [-0.15, -0.1) is 5.10 Å². The summed E-state index contributed by atoms with van der Waals surface area (Å²) in [6, 6.07) is 4.34. The van der Waals surface area contributed by atoms with Gasteiger partial charge in [-0.2, -0.15) is 0 Å². The van der Waals surface area contributed by atoms with Crippen molar-refractivity contribution in [3.63, 3.8) is 0 Å². The first-order chi connectivity index (χ1) is 14.2. The minimum absolute atomic E-state index is 0.117. The van der Waals surface area contributed by atoms with Crippen molar-refractivity contribution in [2.45, 2.75) is 57.5 Å². The Kier molecular flexibility index (Phi) is 4.77. The Hall–Kier alpha value is -2.77. The molecule has 5 rings (SSSR count). The average molecular weight is 396 g/mol. The van der Waals surface area contributed by atoms with Crippen LogP contribution in [0, 0.1) is 11.7 Å². The topological polar surface area (TPSA) is 79.7 Å². The Bertz CT molecular complexity index is 1020. The Morgan fingerprint density at radius 1 is 1.17 bits per heavy atom. The second-order valence-electron chi connectivity index (χ2n) is 8.27. The average Bonchev–Trinajstić information content (AvgIpc) is 3.47. The Labute approximate surface area is 168 Å². The second-order valence-corrected chi connectivity index (χ2v) is 8.27. The third-order valence-electron chi connectivity index (χ3n) is 6.22. The van der Waals surface area contributed by atoms with Gasteiger partial charge in [-0.3, -0.25) is 9.48 Å². The SMILES string of the molecule is O=C(c1cn(CC2CCCCC2)nn1)N1CCC[C@@H]1c1nc2ccc(F)cc2[nH]1. The largest absolute Gasteiger partial charge is 0.340 e. The number of H-pyrrole nitrogens is 1. The van der Waals surface area contributed by atoms with Crippen LogP contribution in [0.2, 0.25) is 0 Å². The van der Waals surface area contributed by atoms with Crippen LogP contribution >= 0.6 is 0 Å². The van der Waals surface area contributed by atoms with Gasteiger partial charge in [-0.05, 0) is 49.8 Å². The minimum atomic E-state index is -0.304. The molecule has 1 amide bonds. The lowest BCUT2D eigenvalue weighted by Crippen LogP contribution is -2.31. The normalized spacial score (nSPS) is 20.6. The first-order valence-corrected chi connectivity index (χ1v) is 10.5. The number of rotatable bonds is 4. The number of aromatic amines is 1. The Morgan fingerprint density at radius 3 is 2.90 bits per heavy atom. The maximum Gasteiger partial charge on any atom is 0.276 e. The lowest BCUT2D eigenvalue weighted by molar-refractivity contribution is 0.0724. The van der Waals surface area contributed by atoms with E-state index in [2.05, 4.69) is 20.3 Å². The highest BCUT2D eigenvalue weighted by Gasteiger charge is 2.34. The number of benzene rings is 1. The lowest BCUT2D eigenvalue weighted by Gasteiger charge is -2.22. The van der Waals surface area contributed by atoms with Crippen LogP contribution in [0.1, 0.15) is 67.3 Å². The molecule has 0 bridgehead atoms. The van der Waals surface area contributed by atoms with Crippen LogP contribution in [0.25, 0.3) is 11.0 Å². The summed E-state index contributed by atoms with van der Waals surface area (Å²) >= 11 is 0. The molecule has 1 saturated heterocycles. The minimum Gasteiger partial charge on any atom is -0.340 e. The molecule has 1 aliphatic heterocycles. The molecule has 3 aromatic rings. The Balaban J connectivity index is 1.33. The first kappa shape index (κ1) is 18.3. The summed E-state index contributed by atoms with van der Waals surface area (Å²) in [7, 11) is 0. The molecule has 0 radical (unpaired) electrons. The second kappa shape index (κ2) is 7.57. The number of carbonyl (C=O) groups is 1. The van der Waals surface area contributed by atoms with Gasteiger partial charge in [0.05, 0.1) is 23.3 Å². The standard InChI is InChI=1S/C21H25FN6O/c22-15-8-9-16-17(11-15)24-20(23-16)19-7-4-10-28(19)21(29)18-13-27(26-25-18)12-14-5-2-1-3-6-14/h8-9,11,13-14,19H,1-7,10,12H2,(H,23,24)/t19-/m1/s1. The van der Waals surface area contributed by atoms with Gasteiger partial charge < -0.3 is 9.88 Å². The number of carbonyl (C=O) groups excluding carboxylic acids is 1. The summed E-state index contributed by atoms with van der Waals surface area (Å²) in [6.07, 6.45) is 9.84. The van der Waals surface area contributed by atoms with Crippen LogP contribution in [0.4, 0.5) is 4.39 Å². The highest BCUT2D eigenvalue weighted by atomic mass is 19.1. The number of likely N-dealkylation sites (tertiary alicyclic amines) is 1. The fourth-order valence-electron chi connectivity index (χ4n) is 4.72. The summed E-state index contributed by atoms with van der Waals surface area (Å²) in [6.45, 7) is 1.49. The van der Waals surface area contributed by atoms with Gasteiger partial charge in [0.2, 0.25) is 0 Å². The lowest BCUT2D eigenvalue weighted by atomic mass is 9.89. The predicted molar refractivity (Wildman–Crippen MR) is 106 cm³/mol. The van der Waals surface area contributed by atoms with Gasteiger partial charge in [0, 0.05) is 13.1 Å². The third kappa shape index (κ3) is 3.63. The van der Waals surface area contributed by atoms with E-state index in [4.69, 9.17) is 0 Å². The van der Waals surface area contributed by atoms with Gasteiger partial charge >= 0.3 is 0 Å². The van der Waals surface area contributed by atoms with E-state index in [1.54, 1.807) is 12.3 Å². The zero-order chi connectivity index (χ0) is 19.8. The monoisotopic (exact) mass is 396 g/mol. The highest BCUT2D eigenvalue weighted by molar-refractivity contribution is 5.92. The summed E-state index contributed by atoms with van der Waals surface area (Å²) < 4.78 is 15.3. The van der Waals surface area contributed by atoms with Crippen molar-refractivity contribution in [3.8, 4) is 0 Å². The van der Waals surface area contributed by atoms with Gasteiger partial charge in [0.25, 0.3) is 5.91 Å². The molecule has 1 N–H and O–H groups in total. The number of nitrogens with one attached hydrogen (secondary N) is 1. The molecule has 7 nitrogen and oxygen atoms in total. The molecule has 152 valence electrons. The Morgan fingerprint density at radius 2 is 2.03 bits per heavy atom. The fourth-order valence-corrected chi connectivity index (χ4v) is 4.72. The van der Waals surface area contributed by atoms with E-state index < -0.39 is 0 Å². The molecular formula is C21H25FN6O. The summed E-state index contributed by atoms with van der Waals surface area (Å²) in [5.74, 6) is 0.908. The predicted octanol–water partition coefficient (Wildman–Crippen LogP) is 3.85. The molecule has 8 heteroatoms. The zero-order valence-electron chi connectivity index (χ0n) is 16.4. The van der Waals surface area contributed by atoms with E-state index in [1.807, 2.05) is 9.58 Å². The first-order valence-electron chi connectivity index (χ1n) is 10.5. The van der Waals surface area contributed by atoms with Crippen molar-refractivity contribution < 1.29 is 9.18 Å². The number of hydrogen-bond acceptors (Lipinski definition) is 4. The molecule has 29 heavy (non-hydrogen) atoms. The van der Waals surface area contributed by atoms with Crippen LogP contribution in [0.3, 0.4) is 0 Å². The van der Waals surface area contributed by atoms with Crippen LogP contribution in [-0.2, 0) is 6.54 Å². The van der Waals surface area contributed by atoms with Crippen molar-refractivity contribution >= 4 is 16.9 Å². The highest BCUT2D eigenvalue weighted by Crippen LogP contribution is 2.32. The number of imidazole rings is 1. The number of fused-ring (bicyclic) bond motifs is 1. The van der Waals surface area contributed by atoms with E-state index in [0.29, 0.717) is 35.0 Å². The van der Waals surface area contributed by atoms with E-state index >= 15 is 0 Å². The van der Waals surface area contributed by atoms with Gasteiger partial charge in [0.15, 0.2) is 5.69 Å². The molecule has 2 aliphatic rings. The molecule has 1 saturated carbocycles. The van der Waals surface area contributed by atoms with Gasteiger partial charge in [-0.1, -0.05) is 24.5 Å². The van der Waals surface area contributed by atoms with Crippen molar-refractivity contribution in [1.29, 1.82) is 0 Å². The fraction of sp³-hybridized carbons (Fsp3) is 0.524. The van der Waals surface area contributed by atoms with E-state index in [9.17, 15) is 9.18 Å². The molecule has 2 aromatic heterocycles. The maximum atomic E-state index is 13.5. The van der Waals surface area contributed by atoms with Gasteiger partial charge in [0.1, 0.15) is 11.6 Å². The molecular weight excluding hydrogens is 371 g/mol. The van der Waals surface area contributed by atoms with Crippen LogP contribution in [-0.4, -0.2) is 42.3 Å². The quantitative estimate of drug-likeness (QED) is 0.726. The van der Waals surface area contributed by atoms with Crippen LogP contribution < -0.4 is 0 Å². The van der Waals surface area contributed by atoms with Crippen LogP contribution in [0.5, 0.6) is 0 Å². The molecule has 1 aromatic carbocycles. The number of hydrogen-bond donors (Lipinski definition) is 1. The van der Waals surface area contributed by atoms with Crippen molar-refractivity contribution in [1.82, 2.24) is 29.9 Å². The maximum absolute atomic E-state index is 13.5. The molecule has 1 atom stereocenters.